The lowest BCUT2D eigenvalue weighted by atomic mass is 10.2. The molecule has 2 N–H and O–H groups in total. The largest absolute Gasteiger partial charge is 0.385 e. The number of carbonyl (C=O) groups is 2. The van der Waals surface area contributed by atoms with Gasteiger partial charge in [-0.3, -0.25) is 9.59 Å². The van der Waals surface area contributed by atoms with E-state index in [2.05, 4.69) is 10.6 Å². The van der Waals surface area contributed by atoms with E-state index in [0.717, 1.165) is 24.9 Å². The number of amides is 2. The van der Waals surface area contributed by atoms with Crippen molar-refractivity contribution in [3.63, 3.8) is 0 Å². The highest BCUT2D eigenvalue weighted by atomic mass is 16.5. The van der Waals surface area contributed by atoms with Crippen molar-refractivity contribution in [1.82, 2.24) is 5.32 Å². The van der Waals surface area contributed by atoms with Crippen LogP contribution in [0.2, 0.25) is 0 Å². The highest BCUT2D eigenvalue weighted by molar-refractivity contribution is 5.96. The standard InChI is InChI=1S/C15H20N2O3/c1-20-10-2-9-16-14(18)11-5-7-13(8-6-11)17-15(19)12-3-4-12/h5-8,12H,2-4,9-10H2,1H3,(H,16,18)(H,17,19). The Morgan fingerprint density at radius 1 is 1.25 bits per heavy atom. The lowest BCUT2D eigenvalue weighted by Crippen LogP contribution is -2.25. The van der Waals surface area contributed by atoms with E-state index in [9.17, 15) is 9.59 Å². The number of benzene rings is 1. The number of nitrogens with one attached hydrogen (secondary N) is 2. The average molecular weight is 276 g/mol. The molecular weight excluding hydrogens is 256 g/mol. The molecular formula is C15H20N2O3. The monoisotopic (exact) mass is 276 g/mol. The van der Waals surface area contributed by atoms with Gasteiger partial charge in [-0.1, -0.05) is 0 Å². The van der Waals surface area contributed by atoms with Gasteiger partial charge in [-0.25, -0.2) is 0 Å². The second kappa shape index (κ2) is 7.05. The van der Waals surface area contributed by atoms with Crippen molar-refractivity contribution >= 4 is 17.5 Å². The Morgan fingerprint density at radius 3 is 2.55 bits per heavy atom. The molecule has 20 heavy (non-hydrogen) atoms. The van der Waals surface area contributed by atoms with Crippen LogP contribution >= 0.6 is 0 Å². The third-order valence-corrected chi connectivity index (χ3v) is 3.17. The molecule has 0 aliphatic heterocycles. The highest BCUT2D eigenvalue weighted by Crippen LogP contribution is 2.30. The van der Waals surface area contributed by atoms with Crippen LogP contribution in [-0.4, -0.2) is 32.1 Å². The number of methoxy groups -OCH3 is 1. The van der Waals surface area contributed by atoms with Crippen LogP contribution in [0.3, 0.4) is 0 Å². The SMILES string of the molecule is COCCCNC(=O)c1ccc(NC(=O)C2CC2)cc1. The number of rotatable bonds is 7. The van der Waals surface area contributed by atoms with Gasteiger partial charge in [0.1, 0.15) is 0 Å². The third kappa shape index (κ3) is 4.35. The van der Waals surface area contributed by atoms with Crippen LogP contribution in [0.5, 0.6) is 0 Å². The van der Waals surface area contributed by atoms with Crippen molar-refractivity contribution in [1.29, 1.82) is 0 Å². The van der Waals surface area contributed by atoms with E-state index >= 15 is 0 Å². The van der Waals surface area contributed by atoms with Crippen molar-refractivity contribution < 1.29 is 14.3 Å². The molecule has 0 spiro atoms. The Bertz CT molecular complexity index is 467. The first-order chi connectivity index (χ1) is 9.70. The van der Waals surface area contributed by atoms with Gasteiger partial charge >= 0.3 is 0 Å². The van der Waals surface area contributed by atoms with Crippen LogP contribution in [0.4, 0.5) is 5.69 Å². The minimum atomic E-state index is -0.110. The number of carbonyl (C=O) groups excluding carboxylic acids is 2. The molecule has 108 valence electrons. The summed E-state index contributed by atoms with van der Waals surface area (Å²) in [4.78, 5) is 23.4. The maximum Gasteiger partial charge on any atom is 0.251 e. The van der Waals surface area contributed by atoms with E-state index in [-0.39, 0.29) is 17.7 Å². The summed E-state index contributed by atoms with van der Waals surface area (Å²) in [5, 5.41) is 5.66. The van der Waals surface area contributed by atoms with Gasteiger partial charge in [-0.05, 0) is 43.5 Å². The molecule has 1 fully saturated rings. The number of ether oxygens (including phenoxy) is 1. The molecule has 0 radical (unpaired) electrons. The molecule has 0 atom stereocenters. The predicted molar refractivity (Wildman–Crippen MR) is 76.6 cm³/mol. The van der Waals surface area contributed by atoms with Gasteiger partial charge in [-0.2, -0.15) is 0 Å². The first kappa shape index (κ1) is 14.5. The van der Waals surface area contributed by atoms with Crippen LogP contribution in [0.1, 0.15) is 29.6 Å². The predicted octanol–water partition coefficient (Wildman–Crippen LogP) is 1.80. The highest BCUT2D eigenvalue weighted by Gasteiger charge is 2.29. The van der Waals surface area contributed by atoms with E-state index in [0.29, 0.717) is 18.7 Å². The van der Waals surface area contributed by atoms with Crippen LogP contribution in [0.15, 0.2) is 24.3 Å². The minimum Gasteiger partial charge on any atom is -0.385 e. The molecule has 2 rings (SSSR count). The zero-order valence-electron chi connectivity index (χ0n) is 11.6. The molecule has 1 aromatic rings. The molecule has 1 aliphatic rings. The fourth-order valence-corrected chi connectivity index (χ4v) is 1.82. The zero-order valence-corrected chi connectivity index (χ0v) is 11.6. The molecule has 0 heterocycles. The summed E-state index contributed by atoms with van der Waals surface area (Å²) in [6.07, 6.45) is 2.75. The second-order valence-corrected chi connectivity index (χ2v) is 4.94. The maximum absolute atomic E-state index is 11.8. The average Bonchev–Trinajstić information content (AvgIpc) is 3.29. The molecule has 0 unspecified atom stereocenters. The van der Waals surface area contributed by atoms with Crippen LogP contribution < -0.4 is 10.6 Å². The smallest absolute Gasteiger partial charge is 0.251 e. The maximum atomic E-state index is 11.8. The normalized spacial score (nSPS) is 13.8. The van der Waals surface area contributed by atoms with Crippen LogP contribution in [0.25, 0.3) is 0 Å². The zero-order chi connectivity index (χ0) is 14.4. The Kier molecular flexibility index (Phi) is 5.12. The number of hydrogen-bond acceptors (Lipinski definition) is 3. The second-order valence-electron chi connectivity index (χ2n) is 4.94. The van der Waals surface area contributed by atoms with Gasteiger partial charge in [0.15, 0.2) is 0 Å². The minimum absolute atomic E-state index is 0.0711. The summed E-state index contributed by atoms with van der Waals surface area (Å²) >= 11 is 0. The topological polar surface area (TPSA) is 67.4 Å². The molecule has 5 nitrogen and oxygen atoms in total. The molecule has 1 aliphatic carbocycles. The molecule has 1 aromatic carbocycles. The van der Waals surface area contributed by atoms with E-state index in [1.54, 1.807) is 31.4 Å². The summed E-state index contributed by atoms with van der Waals surface area (Å²) in [5.41, 5.74) is 1.32. The van der Waals surface area contributed by atoms with Crippen molar-refractivity contribution in [2.24, 2.45) is 5.92 Å². The van der Waals surface area contributed by atoms with Gasteiger partial charge in [-0.15, -0.1) is 0 Å². The molecule has 5 heteroatoms. The molecule has 2 amide bonds. The number of anilines is 1. The first-order valence-electron chi connectivity index (χ1n) is 6.89. The van der Waals surface area contributed by atoms with E-state index in [1.165, 1.54) is 0 Å². The van der Waals surface area contributed by atoms with Crippen molar-refractivity contribution in [3.8, 4) is 0 Å². The van der Waals surface area contributed by atoms with Crippen molar-refractivity contribution in [3.05, 3.63) is 29.8 Å². The summed E-state index contributed by atoms with van der Waals surface area (Å²) in [6, 6.07) is 6.94. The van der Waals surface area contributed by atoms with E-state index < -0.39 is 0 Å². The van der Waals surface area contributed by atoms with Gasteiger partial charge in [0.05, 0.1) is 0 Å². The van der Waals surface area contributed by atoms with Crippen LogP contribution in [-0.2, 0) is 9.53 Å². The number of hydrogen-bond donors (Lipinski definition) is 2. The van der Waals surface area contributed by atoms with Gasteiger partial charge in [0.2, 0.25) is 5.91 Å². The lowest BCUT2D eigenvalue weighted by Gasteiger charge is -2.07. The summed E-state index contributed by atoms with van der Waals surface area (Å²) in [7, 11) is 1.64. The summed E-state index contributed by atoms with van der Waals surface area (Å²) in [6.45, 7) is 1.22. The summed E-state index contributed by atoms with van der Waals surface area (Å²) in [5.74, 6) is 0.140. The lowest BCUT2D eigenvalue weighted by molar-refractivity contribution is -0.117. The van der Waals surface area contributed by atoms with Crippen molar-refractivity contribution in [2.75, 3.05) is 25.6 Å². The first-order valence-corrected chi connectivity index (χ1v) is 6.89. The molecule has 1 saturated carbocycles. The fourth-order valence-electron chi connectivity index (χ4n) is 1.82. The summed E-state index contributed by atoms with van der Waals surface area (Å²) < 4.78 is 4.91. The fraction of sp³-hybridized carbons (Fsp3) is 0.467. The Labute approximate surface area is 118 Å². The van der Waals surface area contributed by atoms with Crippen LogP contribution in [0, 0.1) is 5.92 Å². The Balaban J connectivity index is 1.80. The molecule has 0 saturated heterocycles. The van der Waals surface area contributed by atoms with E-state index in [4.69, 9.17) is 4.74 Å². The Morgan fingerprint density at radius 2 is 1.95 bits per heavy atom. The quantitative estimate of drug-likeness (QED) is 0.746. The van der Waals surface area contributed by atoms with Crippen molar-refractivity contribution in [2.45, 2.75) is 19.3 Å². The van der Waals surface area contributed by atoms with Gasteiger partial charge < -0.3 is 15.4 Å². The van der Waals surface area contributed by atoms with Gasteiger partial charge in [0, 0.05) is 37.4 Å². The van der Waals surface area contributed by atoms with Gasteiger partial charge in [0.25, 0.3) is 5.91 Å². The van der Waals surface area contributed by atoms with E-state index in [1.807, 2.05) is 0 Å². The third-order valence-electron chi connectivity index (χ3n) is 3.17. The Hall–Kier alpha value is -1.88. The molecule has 0 bridgehead atoms. The molecule has 0 aromatic heterocycles.